The molecule has 0 bridgehead atoms. The summed E-state index contributed by atoms with van der Waals surface area (Å²) in [5.41, 5.74) is 0.997. The van der Waals surface area contributed by atoms with Gasteiger partial charge in [0, 0.05) is 12.7 Å². The van der Waals surface area contributed by atoms with E-state index in [1.54, 1.807) is 11.9 Å². The molecule has 0 heterocycles. The second-order valence-corrected chi connectivity index (χ2v) is 3.83. The number of hydrogen-bond acceptors (Lipinski definition) is 3. The molecular formula is C11H17NO4. The number of amides is 1. The lowest BCUT2D eigenvalue weighted by Gasteiger charge is -2.19. The first kappa shape index (κ1) is 12.7. The maximum Gasteiger partial charge on any atom is 0.332 e. The number of nitrogens with zero attached hydrogens (tertiary/aromatic N) is 1. The van der Waals surface area contributed by atoms with E-state index in [-0.39, 0.29) is 12.5 Å². The molecule has 0 aromatic rings. The third-order valence-electron chi connectivity index (χ3n) is 2.63. The van der Waals surface area contributed by atoms with Gasteiger partial charge in [0.1, 0.15) is 6.61 Å². The fourth-order valence-corrected chi connectivity index (χ4v) is 1.48. The Morgan fingerprint density at radius 3 is 2.81 bits per heavy atom. The zero-order chi connectivity index (χ0) is 12.1. The molecule has 0 aliphatic heterocycles. The molecule has 0 radical (unpaired) electrons. The number of allylic oxidation sites excluding steroid dienone is 2. The molecule has 1 rings (SSSR count). The number of carbonyl (C=O) groups excluding carboxylic acids is 1. The quantitative estimate of drug-likeness (QED) is 0.761. The summed E-state index contributed by atoms with van der Waals surface area (Å²) in [6.45, 7) is 1.21. The number of carboxylic acid groups (broad SMARTS) is 1. The van der Waals surface area contributed by atoms with Crippen molar-refractivity contribution >= 4 is 11.9 Å². The highest BCUT2D eigenvalue weighted by molar-refractivity contribution is 5.79. The fourth-order valence-electron chi connectivity index (χ4n) is 1.48. The third-order valence-corrected chi connectivity index (χ3v) is 2.63. The van der Waals surface area contributed by atoms with Crippen LogP contribution in [0.5, 0.6) is 0 Å². The van der Waals surface area contributed by atoms with Crippen LogP contribution in [0.3, 0.4) is 0 Å². The molecule has 16 heavy (non-hydrogen) atoms. The molecular weight excluding hydrogens is 210 g/mol. The maximum atomic E-state index is 11.6. The first-order valence-corrected chi connectivity index (χ1v) is 5.32. The SMILES string of the molecule is C[C@@H](OCC(=O)N(C)C1=CCCC1)C(=O)O. The van der Waals surface area contributed by atoms with Gasteiger partial charge in [-0.05, 0) is 26.2 Å². The van der Waals surface area contributed by atoms with E-state index in [4.69, 9.17) is 9.84 Å². The molecule has 1 N–H and O–H groups in total. The molecule has 0 saturated carbocycles. The fraction of sp³-hybridized carbons (Fsp3) is 0.636. The predicted molar refractivity (Wildman–Crippen MR) is 57.8 cm³/mol. The first-order valence-electron chi connectivity index (χ1n) is 5.32. The molecule has 0 spiro atoms. The lowest BCUT2D eigenvalue weighted by Crippen LogP contribution is -2.32. The van der Waals surface area contributed by atoms with E-state index in [1.807, 2.05) is 6.08 Å². The van der Waals surface area contributed by atoms with Crippen molar-refractivity contribution in [2.45, 2.75) is 32.3 Å². The topological polar surface area (TPSA) is 66.8 Å². The van der Waals surface area contributed by atoms with Crippen molar-refractivity contribution in [2.75, 3.05) is 13.7 Å². The molecule has 1 aliphatic carbocycles. The number of rotatable bonds is 5. The van der Waals surface area contributed by atoms with Gasteiger partial charge in [-0.1, -0.05) is 6.08 Å². The maximum absolute atomic E-state index is 11.6. The number of carboxylic acids is 1. The molecule has 0 aromatic carbocycles. The summed E-state index contributed by atoms with van der Waals surface area (Å²) < 4.78 is 4.93. The van der Waals surface area contributed by atoms with E-state index in [0.717, 1.165) is 25.0 Å². The van der Waals surface area contributed by atoms with Gasteiger partial charge in [0.2, 0.25) is 0 Å². The van der Waals surface area contributed by atoms with E-state index >= 15 is 0 Å². The smallest absolute Gasteiger partial charge is 0.332 e. The minimum atomic E-state index is -1.06. The Morgan fingerprint density at radius 2 is 2.31 bits per heavy atom. The number of carbonyl (C=O) groups is 2. The Balaban J connectivity index is 2.37. The van der Waals surface area contributed by atoms with Gasteiger partial charge < -0.3 is 14.7 Å². The number of likely N-dealkylation sites (N-methyl/N-ethyl adjacent to an activating group) is 1. The van der Waals surface area contributed by atoms with Gasteiger partial charge in [0.15, 0.2) is 6.10 Å². The largest absolute Gasteiger partial charge is 0.479 e. The van der Waals surface area contributed by atoms with Gasteiger partial charge >= 0.3 is 5.97 Å². The number of aliphatic carboxylic acids is 1. The summed E-state index contributed by atoms with van der Waals surface area (Å²) in [5, 5.41) is 8.58. The van der Waals surface area contributed by atoms with Crippen LogP contribution in [-0.2, 0) is 14.3 Å². The van der Waals surface area contributed by atoms with Crippen LogP contribution in [0, 0.1) is 0 Å². The van der Waals surface area contributed by atoms with E-state index in [1.165, 1.54) is 6.92 Å². The van der Waals surface area contributed by atoms with Crippen molar-refractivity contribution in [1.82, 2.24) is 4.90 Å². The summed E-state index contributed by atoms with van der Waals surface area (Å²) >= 11 is 0. The highest BCUT2D eigenvalue weighted by Gasteiger charge is 2.18. The molecule has 0 fully saturated rings. The van der Waals surface area contributed by atoms with Crippen LogP contribution in [0.25, 0.3) is 0 Å². The van der Waals surface area contributed by atoms with Crippen molar-refractivity contribution in [3.8, 4) is 0 Å². The highest BCUT2D eigenvalue weighted by Crippen LogP contribution is 2.20. The molecule has 1 amide bonds. The third kappa shape index (κ3) is 3.34. The van der Waals surface area contributed by atoms with Crippen molar-refractivity contribution in [3.05, 3.63) is 11.8 Å². The average molecular weight is 227 g/mol. The molecule has 0 saturated heterocycles. The van der Waals surface area contributed by atoms with Gasteiger partial charge in [0.25, 0.3) is 5.91 Å². The monoisotopic (exact) mass is 227 g/mol. The second-order valence-electron chi connectivity index (χ2n) is 3.83. The van der Waals surface area contributed by atoms with E-state index in [2.05, 4.69) is 0 Å². The zero-order valence-electron chi connectivity index (χ0n) is 9.60. The van der Waals surface area contributed by atoms with Crippen molar-refractivity contribution in [2.24, 2.45) is 0 Å². The van der Waals surface area contributed by atoms with Gasteiger partial charge in [-0.3, -0.25) is 4.79 Å². The number of hydrogen-bond donors (Lipinski definition) is 1. The van der Waals surface area contributed by atoms with Crippen LogP contribution in [-0.4, -0.2) is 41.6 Å². The molecule has 0 unspecified atom stereocenters. The van der Waals surface area contributed by atoms with Gasteiger partial charge in [-0.15, -0.1) is 0 Å². The van der Waals surface area contributed by atoms with Crippen LogP contribution < -0.4 is 0 Å². The molecule has 5 heteroatoms. The van der Waals surface area contributed by atoms with E-state index in [9.17, 15) is 9.59 Å². The Labute approximate surface area is 94.7 Å². The van der Waals surface area contributed by atoms with Crippen molar-refractivity contribution in [1.29, 1.82) is 0 Å². The summed E-state index contributed by atoms with van der Waals surface area (Å²) in [5.74, 6) is -1.27. The van der Waals surface area contributed by atoms with Crippen LogP contribution in [0.1, 0.15) is 26.2 Å². The van der Waals surface area contributed by atoms with Gasteiger partial charge in [-0.2, -0.15) is 0 Å². The van der Waals surface area contributed by atoms with Crippen LogP contribution in [0.2, 0.25) is 0 Å². The Kier molecular flexibility index (Phi) is 4.49. The Bertz CT molecular complexity index is 311. The van der Waals surface area contributed by atoms with Crippen LogP contribution in [0.15, 0.2) is 11.8 Å². The summed E-state index contributed by atoms with van der Waals surface area (Å²) in [6, 6.07) is 0. The zero-order valence-corrected chi connectivity index (χ0v) is 9.60. The summed E-state index contributed by atoms with van der Waals surface area (Å²) in [4.78, 5) is 23.6. The summed E-state index contributed by atoms with van der Waals surface area (Å²) in [7, 11) is 1.69. The summed E-state index contributed by atoms with van der Waals surface area (Å²) in [6.07, 6.45) is 4.04. The van der Waals surface area contributed by atoms with Crippen molar-refractivity contribution < 1.29 is 19.4 Å². The minimum absolute atomic E-state index is 0.193. The minimum Gasteiger partial charge on any atom is -0.479 e. The first-order chi connectivity index (χ1) is 7.52. The predicted octanol–water partition coefficient (Wildman–Crippen LogP) is 1.00. The lowest BCUT2D eigenvalue weighted by atomic mass is 10.3. The average Bonchev–Trinajstić information content (AvgIpc) is 2.77. The molecule has 1 atom stereocenters. The van der Waals surface area contributed by atoms with E-state index < -0.39 is 12.1 Å². The van der Waals surface area contributed by atoms with Crippen LogP contribution >= 0.6 is 0 Å². The van der Waals surface area contributed by atoms with Gasteiger partial charge in [0.05, 0.1) is 0 Å². The highest BCUT2D eigenvalue weighted by atomic mass is 16.5. The standard InChI is InChI=1S/C11H17NO4/c1-8(11(14)15)16-7-10(13)12(2)9-5-3-4-6-9/h5,8H,3-4,6-7H2,1-2H3,(H,14,15)/t8-/m1/s1. The molecule has 90 valence electrons. The Morgan fingerprint density at radius 1 is 1.62 bits per heavy atom. The Hall–Kier alpha value is -1.36. The van der Waals surface area contributed by atoms with Gasteiger partial charge in [-0.25, -0.2) is 4.79 Å². The molecule has 1 aliphatic rings. The lowest BCUT2D eigenvalue weighted by molar-refractivity contribution is -0.152. The molecule has 0 aromatic heterocycles. The van der Waals surface area contributed by atoms with Crippen molar-refractivity contribution in [3.63, 3.8) is 0 Å². The van der Waals surface area contributed by atoms with Crippen LogP contribution in [0.4, 0.5) is 0 Å². The normalized spacial score (nSPS) is 16.8. The van der Waals surface area contributed by atoms with E-state index in [0.29, 0.717) is 0 Å². The molecule has 5 nitrogen and oxygen atoms in total. The second kappa shape index (κ2) is 5.65. The number of ether oxygens (including phenoxy) is 1.